The number of rotatable bonds is 7. The highest BCUT2D eigenvalue weighted by Gasteiger charge is 2.48. The lowest BCUT2D eigenvalue weighted by molar-refractivity contribution is -0.212. The molecule has 218 valence electrons. The van der Waals surface area contributed by atoms with Gasteiger partial charge in [-0.3, -0.25) is 0 Å². The average Bonchev–Trinajstić information content (AvgIpc) is 3.60. The zero-order chi connectivity index (χ0) is 28.8. The Morgan fingerprint density at radius 1 is 1.07 bits per heavy atom. The SMILES string of the molecule is CO[C@@H]1[C@@H](n2cc(-c3cc(F)c(F)c(F)c3)nn2)[C@@H](O)[C@@H](CO)O[C@@H]1Cc1cc(C2(O)CCC(F)(F)CC2)on1. The first-order valence-electron chi connectivity index (χ1n) is 12.5. The van der Waals surface area contributed by atoms with Crippen LogP contribution in [-0.2, 0) is 21.5 Å². The minimum absolute atomic E-state index is 0.0177. The number of aliphatic hydroxyl groups excluding tert-OH is 2. The van der Waals surface area contributed by atoms with Crippen LogP contribution in [-0.4, -0.2) is 79.5 Å². The largest absolute Gasteiger partial charge is 0.394 e. The molecule has 1 saturated carbocycles. The first kappa shape index (κ1) is 28.5. The van der Waals surface area contributed by atoms with Gasteiger partial charge in [-0.25, -0.2) is 26.6 Å². The number of ether oxygens (including phenoxy) is 2. The van der Waals surface area contributed by atoms with Gasteiger partial charge >= 0.3 is 0 Å². The molecule has 0 unspecified atom stereocenters. The van der Waals surface area contributed by atoms with Gasteiger partial charge in [0.05, 0.1) is 24.6 Å². The number of halogens is 5. The summed E-state index contributed by atoms with van der Waals surface area (Å²) in [6.45, 7) is -0.585. The Morgan fingerprint density at radius 2 is 1.75 bits per heavy atom. The minimum Gasteiger partial charge on any atom is -0.394 e. The molecule has 0 radical (unpaired) electrons. The Kier molecular flexibility index (Phi) is 7.69. The van der Waals surface area contributed by atoms with Crippen LogP contribution < -0.4 is 0 Å². The lowest BCUT2D eigenvalue weighted by Gasteiger charge is -2.43. The van der Waals surface area contributed by atoms with Crippen LogP contribution in [0.5, 0.6) is 0 Å². The van der Waals surface area contributed by atoms with E-state index in [1.807, 2.05) is 0 Å². The van der Waals surface area contributed by atoms with E-state index < -0.39 is 78.9 Å². The van der Waals surface area contributed by atoms with Crippen molar-refractivity contribution >= 4 is 0 Å². The summed E-state index contributed by atoms with van der Waals surface area (Å²) in [5.41, 5.74) is -1.40. The van der Waals surface area contributed by atoms with Crippen molar-refractivity contribution in [3.8, 4) is 11.3 Å². The maximum absolute atomic E-state index is 13.8. The number of alkyl halides is 2. The standard InChI is InChI=1S/C25H27F5N4O6/c1-38-23-17(8-13-9-19(40-32-13)24(37)2-4-25(29,30)5-3-24)39-18(11-35)22(36)21(23)34-10-16(31-33-34)12-6-14(26)20(28)15(27)7-12/h6-7,9-10,17-18,21-23,35-37H,2-5,8,11H2,1H3/t17-,18-,21+,22+,23+/m1/s1. The van der Waals surface area contributed by atoms with Crippen LogP contribution in [0, 0.1) is 17.5 Å². The fourth-order valence-electron chi connectivity index (χ4n) is 5.30. The second-order valence-electron chi connectivity index (χ2n) is 10.2. The molecule has 3 heterocycles. The molecular weight excluding hydrogens is 547 g/mol. The molecule has 1 aliphatic heterocycles. The second kappa shape index (κ2) is 10.8. The normalized spacial score (nSPS) is 28.1. The molecule has 5 atom stereocenters. The van der Waals surface area contributed by atoms with Gasteiger partial charge in [0.15, 0.2) is 23.2 Å². The number of nitrogens with zero attached hydrogens (tertiary/aromatic N) is 4. The zero-order valence-electron chi connectivity index (χ0n) is 21.2. The van der Waals surface area contributed by atoms with E-state index in [-0.39, 0.29) is 36.3 Å². The van der Waals surface area contributed by atoms with Crippen LogP contribution >= 0.6 is 0 Å². The molecule has 3 N–H and O–H groups in total. The third-order valence-corrected chi connectivity index (χ3v) is 7.57. The average molecular weight is 575 g/mol. The van der Waals surface area contributed by atoms with Crippen molar-refractivity contribution in [1.29, 1.82) is 0 Å². The van der Waals surface area contributed by atoms with E-state index in [0.717, 1.165) is 12.1 Å². The summed E-state index contributed by atoms with van der Waals surface area (Å²) in [6, 6.07) is 1.94. The van der Waals surface area contributed by atoms with Crippen molar-refractivity contribution in [2.45, 2.75) is 74.1 Å². The lowest BCUT2D eigenvalue weighted by atomic mass is 9.81. The van der Waals surface area contributed by atoms with Crippen LogP contribution in [0.3, 0.4) is 0 Å². The fraction of sp³-hybridized carbons (Fsp3) is 0.560. The van der Waals surface area contributed by atoms with Gasteiger partial charge in [-0.15, -0.1) is 5.10 Å². The molecule has 1 saturated heterocycles. The summed E-state index contributed by atoms with van der Waals surface area (Å²) < 4.78 is 86.1. The Balaban J connectivity index is 1.39. The summed E-state index contributed by atoms with van der Waals surface area (Å²) in [7, 11) is 1.35. The van der Waals surface area contributed by atoms with Crippen molar-refractivity contribution in [2.75, 3.05) is 13.7 Å². The summed E-state index contributed by atoms with van der Waals surface area (Å²) in [5.74, 6) is -7.27. The molecular formula is C25H27F5N4O6. The highest BCUT2D eigenvalue weighted by molar-refractivity contribution is 5.57. The zero-order valence-corrected chi connectivity index (χ0v) is 21.2. The maximum atomic E-state index is 13.8. The van der Waals surface area contributed by atoms with Crippen molar-refractivity contribution < 1.29 is 51.3 Å². The molecule has 1 aliphatic carbocycles. The van der Waals surface area contributed by atoms with E-state index in [1.165, 1.54) is 24.1 Å². The number of aromatic nitrogens is 4. The van der Waals surface area contributed by atoms with Gasteiger partial charge in [0.2, 0.25) is 5.92 Å². The molecule has 2 fully saturated rings. The molecule has 40 heavy (non-hydrogen) atoms. The Labute approximate surface area is 224 Å². The predicted octanol–water partition coefficient (Wildman–Crippen LogP) is 2.67. The van der Waals surface area contributed by atoms with E-state index in [1.54, 1.807) is 0 Å². The van der Waals surface area contributed by atoms with Gasteiger partial charge in [0.1, 0.15) is 35.6 Å². The van der Waals surface area contributed by atoms with E-state index in [9.17, 15) is 37.3 Å². The summed E-state index contributed by atoms with van der Waals surface area (Å²) in [5, 5.41) is 43.5. The first-order chi connectivity index (χ1) is 18.9. The number of hydrogen-bond donors (Lipinski definition) is 3. The maximum Gasteiger partial charge on any atom is 0.248 e. The van der Waals surface area contributed by atoms with E-state index in [2.05, 4.69) is 15.5 Å². The highest BCUT2D eigenvalue weighted by atomic mass is 19.3. The second-order valence-corrected chi connectivity index (χ2v) is 10.2. The first-order valence-corrected chi connectivity index (χ1v) is 12.5. The molecule has 10 nitrogen and oxygen atoms in total. The van der Waals surface area contributed by atoms with Gasteiger partial charge in [0, 0.05) is 38.0 Å². The van der Waals surface area contributed by atoms with E-state index >= 15 is 0 Å². The van der Waals surface area contributed by atoms with Crippen LogP contribution in [0.25, 0.3) is 11.3 Å². The van der Waals surface area contributed by atoms with Crippen molar-refractivity contribution in [3.63, 3.8) is 0 Å². The molecule has 0 spiro atoms. The topological polar surface area (TPSA) is 136 Å². The van der Waals surface area contributed by atoms with Gasteiger partial charge in [-0.05, 0) is 25.0 Å². The summed E-state index contributed by atoms with van der Waals surface area (Å²) in [6.07, 6.45) is -4.34. The highest BCUT2D eigenvalue weighted by Crippen LogP contribution is 2.44. The van der Waals surface area contributed by atoms with E-state index in [4.69, 9.17) is 14.0 Å². The van der Waals surface area contributed by atoms with Crippen LogP contribution in [0.1, 0.15) is 43.2 Å². The van der Waals surface area contributed by atoms with Gasteiger partial charge in [-0.2, -0.15) is 0 Å². The fourth-order valence-corrected chi connectivity index (χ4v) is 5.30. The molecule has 3 aromatic rings. The summed E-state index contributed by atoms with van der Waals surface area (Å²) in [4.78, 5) is 0. The number of benzene rings is 1. The van der Waals surface area contributed by atoms with Crippen molar-refractivity contribution in [2.24, 2.45) is 0 Å². The Bertz CT molecular complexity index is 1320. The molecule has 2 aliphatic rings. The van der Waals surface area contributed by atoms with Gasteiger partial charge < -0.3 is 29.3 Å². The quantitative estimate of drug-likeness (QED) is 0.288. The van der Waals surface area contributed by atoms with Crippen molar-refractivity contribution in [1.82, 2.24) is 20.2 Å². The van der Waals surface area contributed by atoms with Crippen molar-refractivity contribution in [3.05, 3.63) is 53.3 Å². The lowest BCUT2D eigenvalue weighted by Crippen LogP contribution is -2.57. The van der Waals surface area contributed by atoms with Gasteiger partial charge in [-0.1, -0.05) is 10.4 Å². The Hall–Kier alpha value is -2.98. The molecule has 15 heteroatoms. The van der Waals surface area contributed by atoms with Crippen LogP contribution in [0.4, 0.5) is 22.0 Å². The third-order valence-electron chi connectivity index (χ3n) is 7.57. The smallest absolute Gasteiger partial charge is 0.248 e. The van der Waals surface area contributed by atoms with Crippen LogP contribution in [0.2, 0.25) is 0 Å². The number of aliphatic hydroxyl groups is 3. The molecule has 0 bridgehead atoms. The third kappa shape index (κ3) is 5.35. The van der Waals surface area contributed by atoms with Gasteiger partial charge in [0.25, 0.3) is 0 Å². The van der Waals surface area contributed by atoms with E-state index in [0.29, 0.717) is 5.69 Å². The minimum atomic E-state index is -2.86. The number of methoxy groups -OCH3 is 1. The predicted molar refractivity (Wildman–Crippen MR) is 124 cm³/mol. The number of hydrogen-bond acceptors (Lipinski definition) is 9. The Morgan fingerprint density at radius 3 is 2.38 bits per heavy atom. The molecule has 2 aromatic heterocycles. The molecule has 0 amide bonds. The summed E-state index contributed by atoms with van der Waals surface area (Å²) >= 11 is 0. The molecule has 5 rings (SSSR count). The monoisotopic (exact) mass is 574 g/mol. The van der Waals surface area contributed by atoms with Crippen LogP contribution in [0.15, 0.2) is 28.9 Å². The molecule has 1 aromatic carbocycles.